The average Bonchev–Trinajstić information content (AvgIpc) is 3.36. The Hall–Kier alpha value is -3.52. The molecule has 0 unspecified atom stereocenters. The Morgan fingerprint density at radius 1 is 1.13 bits per heavy atom. The highest BCUT2D eigenvalue weighted by Crippen LogP contribution is 2.32. The van der Waals surface area contributed by atoms with Gasteiger partial charge in [-0.1, -0.05) is 60.6 Å². The fourth-order valence-corrected chi connectivity index (χ4v) is 4.14. The van der Waals surface area contributed by atoms with E-state index < -0.39 is 5.76 Å². The molecule has 0 bridgehead atoms. The molecule has 4 aromatic rings. The maximum absolute atomic E-state index is 12.4. The molecule has 0 aliphatic rings. The quantitative estimate of drug-likeness (QED) is 0.466. The van der Waals surface area contributed by atoms with Crippen molar-refractivity contribution in [2.75, 3.05) is 4.90 Å². The number of anilines is 2. The maximum atomic E-state index is 12.4. The van der Waals surface area contributed by atoms with Gasteiger partial charge in [-0.05, 0) is 18.1 Å². The summed E-state index contributed by atoms with van der Waals surface area (Å²) in [5.74, 6) is -0.234. The summed E-state index contributed by atoms with van der Waals surface area (Å²) in [6.07, 6.45) is 0.800. The molecule has 1 amide bonds. The summed E-state index contributed by atoms with van der Waals surface area (Å²) >= 11 is 1.36. The van der Waals surface area contributed by atoms with E-state index >= 15 is 0 Å². The van der Waals surface area contributed by atoms with Gasteiger partial charge in [-0.15, -0.1) is 11.3 Å². The Balaban J connectivity index is 1.68. The molecule has 0 aliphatic carbocycles. The van der Waals surface area contributed by atoms with Crippen molar-refractivity contribution in [1.29, 1.82) is 0 Å². The maximum Gasteiger partial charge on any atom is 0.442 e. The Morgan fingerprint density at radius 3 is 2.60 bits per heavy atom. The molecular weight excluding hydrogens is 400 g/mol. The smallest absolute Gasteiger partial charge is 0.295 e. The normalized spacial score (nSPS) is 10.9. The van der Waals surface area contributed by atoms with Crippen LogP contribution in [0.3, 0.4) is 0 Å². The van der Waals surface area contributed by atoms with Gasteiger partial charge in [0.2, 0.25) is 5.91 Å². The van der Waals surface area contributed by atoms with Crippen molar-refractivity contribution >= 4 is 28.1 Å². The third kappa shape index (κ3) is 3.81. The minimum Gasteiger partial charge on any atom is -0.295 e. The number of rotatable bonds is 6. The van der Waals surface area contributed by atoms with Gasteiger partial charge >= 0.3 is 5.76 Å². The highest BCUT2D eigenvalue weighted by atomic mass is 32.1. The van der Waals surface area contributed by atoms with Crippen LogP contribution in [-0.4, -0.2) is 20.6 Å². The molecule has 0 saturated carbocycles. The van der Waals surface area contributed by atoms with Crippen molar-refractivity contribution in [3.63, 3.8) is 0 Å². The Bertz CT molecular complexity index is 1230. The summed E-state index contributed by atoms with van der Waals surface area (Å²) in [5.41, 5.74) is 3.31. The van der Waals surface area contributed by atoms with Gasteiger partial charge in [0.25, 0.3) is 0 Å². The van der Waals surface area contributed by atoms with Crippen molar-refractivity contribution in [3.05, 3.63) is 81.8 Å². The lowest BCUT2D eigenvalue weighted by atomic mass is 10.1. The molecule has 0 atom stereocenters. The zero-order valence-electron chi connectivity index (χ0n) is 16.6. The monoisotopic (exact) mass is 420 g/mol. The molecular formula is C22H20N4O3S. The molecule has 8 heteroatoms. The van der Waals surface area contributed by atoms with E-state index in [9.17, 15) is 9.59 Å². The summed E-state index contributed by atoms with van der Waals surface area (Å²) in [6.45, 7) is 3.77. The van der Waals surface area contributed by atoms with E-state index in [1.54, 1.807) is 4.90 Å². The van der Waals surface area contributed by atoms with Crippen LogP contribution < -0.4 is 10.7 Å². The van der Waals surface area contributed by atoms with Crippen molar-refractivity contribution in [2.24, 2.45) is 0 Å². The summed E-state index contributed by atoms with van der Waals surface area (Å²) in [5, 5.41) is 6.31. The first-order chi connectivity index (χ1) is 14.6. The number of aromatic nitrogens is 3. The number of benzene rings is 2. The highest BCUT2D eigenvalue weighted by molar-refractivity contribution is 7.14. The van der Waals surface area contributed by atoms with Crippen LogP contribution >= 0.6 is 11.3 Å². The molecule has 2 aromatic carbocycles. The van der Waals surface area contributed by atoms with E-state index in [4.69, 9.17) is 4.52 Å². The number of carbonyl (C=O) groups excluding carboxylic acids is 1. The average molecular weight is 420 g/mol. The van der Waals surface area contributed by atoms with E-state index in [2.05, 4.69) is 10.1 Å². The Morgan fingerprint density at radius 2 is 1.87 bits per heavy atom. The summed E-state index contributed by atoms with van der Waals surface area (Å²) < 4.78 is 6.32. The molecule has 2 aromatic heterocycles. The SMILES string of the molecule is CCc1ccccc1N(C(C)=O)c1nc(Cn2c(-c3ccccc3)noc2=O)cs1. The number of hydrogen-bond donors (Lipinski definition) is 0. The summed E-state index contributed by atoms with van der Waals surface area (Å²) in [4.78, 5) is 30.9. The van der Waals surface area contributed by atoms with Gasteiger partial charge < -0.3 is 0 Å². The Kier molecular flexibility index (Phi) is 5.58. The van der Waals surface area contributed by atoms with Gasteiger partial charge in [-0.25, -0.2) is 9.78 Å². The third-order valence-electron chi connectivity index (χ3n) is 4.70. The molecule has 30 heavy (non-hydrogen) atoms. The predicted molar refractivity (Wildman–Crippen MR) is 116 cm³/mol. The lowest BCUT2D eigenvalue weighted by Crippen LogP contribution is -2.24. The molecule has 4 rings (SSSR count). The van der Waals surface area contributed by atoms with Gasteiger partial charge in [0.05, 0.1) is 17.9 Å². The molecule has 0 radical (unpaired) electrons. The van der Waals surface area contributed by atoms with E-state index in [1.165, 1.54) is 22.8 Å². The van der Waals surface area contributed by atoms with Crippen molar-refractivity contribution in [1.82, 2.24) is 14.7 Å². The van der Waals surface area contributed by atoms with Crippen molar-refractivity contribution < 1.29 is 9.32 Å². The number of aryl methyl sites for hydroxylation is 1. The number of nitrogens with zero attached hydrogens (tertiary/aromatic N) is 4. The van der Waals surface area contributed by atoms with Gasteiger partial charge in [0, 0.05) is 17.9 Å². The molecule has 0 N–H and O–H groups in total. The lowest BCUT2D eigenvalue weighted by Gasteiger charge is -2.21. The second-order valence-electron chi connectivity index (χ2n) is 6.68. The van der Waals surface area contributed by atoms with Crippen LogP contribution in [0.15, 0.2) is 69.3 Å². The van der Waals surface area contributed by atoms with Crippen LogP contribution in [0.2, 0.25) is 0 Å². The highest BCUT2D eigenvalue weighted by Gasteiger charge is 2.21. The molecule has 2 heterocycles. The molecule has 7 nitrogen and oxygen atoms in total. The van der Waals surface area contributed by atoms with E-state index in [0.29, 0.717) is 16.6 Å². The first-order valence-electron chi connectivity index (χ1n) is 9.53. The predicted octanol–water partition coefficient (Wildman–Crippen LogP) is 4.26. The fraction of sp³-hybridized carbons (Fsp3) is 0.182. The van der Waals surface area contributed by atoms with Gasteiger partial charge in [0.15, 0.2) is 11.0 Å². The van der Waals surface area contributed by atoms with Crippen LogP contribution in [0.4, 0.5) is 10.8 Å². The summed E-state index contributed by atoms with van der Waals surface area (Å²) in [6, 6.07) is 17.1. The van der Waals surface area contributed by atoms with E-state index in [-0.39, 0.29) is 12.5 Å². The first kappa shape index (κ1) is 19.8. The number of carbonyl (C=O) groups is 1. The van der Waals surface area contributed by atoms with Crippen molar-refractivity contribution in [2.45, 2.75) is 26.8 Å². The van der Waals surface area contributed by atoms with Crippen molar-refractivity contribution in [3.8, 4) is 11.4 Å². The van der Waals surface area contributed by atoms with Crippen LogP contribution in [0.1, 0.15) is 25.1 Å². The molecule has 0 aliphatic heterocycles. The molecule has 0 spiro atoms. The van der Waals surface area contributed by atoms with Gasteiger partial charge in [0.1, 0.15) is 0 Å². The van der Waals surface area contributed by atoms with E-state index in [0.717, 1.165) is 23.2 Å². The number of para-hydroxylation sites is 1. The van der Waals surface area contributed by atoms with Crippen LogP contribution in [0.25, 0.3) is 11.4 Å². The second kappa shape index (κ2) is 8.46. The Labute approximate surface area is 177 Å². The third-order valence-corrected chi connectivity index (χ3v) is 5.57. The van der Waals surface area contributed by atoms with Crippen LogP contribution in [0.5, 0.6) is 0 Å². The topological polar surface area (TPSA) is 81.2 Å². The minimum atomic E-state index is -0.553. The minimum absolute atomic E-state index is 0.121. The largest absolute Gasteiger partial charge is 0.442 e. The first-order valence-corrected chi connectivity index (χ1v) is 10.4. The number of amides is 1. The van der Waals surface area contributed by atoms with Gasteiger partial charge in [-0.2, -0.15) is 0 Å². The lowest BCUT2D eigenvalue weighted by molar-refractivity contribution is -0.115. The van der Waals surface area contributed by atoms with E-state index in [1.807, 2.05) is 66.9 Å². The molecule has 152 valence electrons. The summed E-state index contributed by atoms with van der Waals surface area (Å²) in [7, 11) is 0. The van der Waals surface area contributed by atoms with Crippen LogP contribution in [0, 0.1) is 0 Å². The molecule has 0 saturated heterocycles. The number of thiazole rings is 1. The number of hydrogen-bond acceptors (Lipinski definition) is 6. The fourth-order valence-electron chi connectivity index (χ4n) is 3.27. The second-order valence-corrected chi connectivity index (χ2v) is 7.52. The molecule has 0 fully saturated rings. The van der Waals surface area contributed by atoms with Gasteiger partial charge in [-0.3, -0.25) is 18.8 Å². The standard InChI is InChI=1S/C22H20N4O3S/c1-3-16-9-7-8-12-19(16)26(15(2)27)21-23-18(14-30-21)13-25-20(24-29-22(25)28)17-10-5-4-6-11-17/h4-12,14H,3,13H2,1-2H3. The zero-order chi connectivity index (χ0) is 21.1. The zero-order valence-corrected chi connectivity index (χ0v) is 17.4. The van der Waals surface area contributed by atoms with Crippen LogP contribution in [-0.2, 0) is 17.8 Å².